The van der Waals surface area contributed by atoms with E-state index in [4.69, 9.17) is 10.00 Å². The third-order valence-electron chi connectivity index (χ3n) is 4.09. The predicted octanol–water partition coefficient (Wildman–Crippen LogP) is 1.39. The van der Waals surface area contributed by atoms with Crippen molar-refractivity contribution in [3.63, 3.8) is 0 Å². The number of carbonyl (C=O) groups excluding carboxylic acids is 2. The average Bonchev–Trinajstić information content (AvgIpc) is 2.96. The quantitative estimate of drug-likeness (QED) is 0.693. The van der Waals surface area contributed by atoms with Crippen molar-refractivity contribution in [2.24, 2.45) is 5.92 Å². The van der Waals surface area contributed by atoms with Crippen LogP contribution in [0.15, 0.2) is 24.3 Å². The molecular weight excluding hydrogens is 356 g/mol. The first-order valence-electron chi connectivity index (χ1n) is 8.39. The molecule has 1 heterocycles. The second-order valence-corrected chi connectivity index (χ2v) is 8.99. The summed E-state index contributed by atoms with van der Waals surface area (Å²) in [6.07, 6.45) is 0.402. The van der Waals surface area contributed by atoms with Gasteiger partial charge in [-0.1, -0.05) is 19.9 Å². The Morgan fingerprint density at radius 2 is 2.12 bits per heavy atom. The molecule has 1 aliphatic rings. The van der Waals surface area contributed by atoms with E-state index in [1.54, 1.807) is 12.1 Å². The summed E-state index contributed by atoms with van der Waals surface area (Å²) in [6.45, 7) is 3.81. The van der Waals surface area contributed by atoms with Crippen molar-refractivity contribution in [3.8, 4) is 6.07 Å². The van der Waals surface area contributed by atoms with Crippen molar-refractivity contribution >= 4 is 21.7 Å². The maximum absolute atomic E-state index is 12.5. The molecule has 1 fully saturated rings. The molecule has 0 bridgehead atoms. The van der Waals surface area contributed by atoms with E-state index >= 15 is 0 Å². The molecule has 0 saturated carbocycles. The Labute approximate surface area is 153 Å². The van der Waals surface area contributed by atoms with Gasteiger partial charge < -0.3 is 9.64 Å². The second kappa shape index (κ2) is 8.32. The number of ether oxygens (including phenoxy) is 1. The van der Waals surface area contributed by atoms with Crippen LogP contribution in [-0.4, -0.2) is 55.9 Å². The minimum Gasteiger partial charge on any atom is -0.452 e. The Morgan fingerprint density at radius 3 is 2.69 bits per heavy atom. The molecule has 0 unspecified atom stereocenters. The molecule has 1 amide bonds. The molecule has 140 valence electrons. The van der Waals surface area contributed by atoms with Gasteiger partial charge in [-0.05, 0) is 30.5 Å². The molecular formula is C18H22N2O5S. The first-order valence-corrected chi connectivity index (χ1v) is 10.2. The van der Waals surface area contributed by atoms with Crippen LogP contribution in [0.5, 0.6) is 0 Å². The van der Waals surface area contributed by atoms with Crippen molar-refractivity contribution in [1.29, 1.82) is 5.26 Å². The minimum absolute atomic E-state index is 0.0520. The van der Waals surface area contributed by atoms with Crippen LogP contribution < -0.4 is 0 Å². The van der Waals surface area contributed by atoms with E-state index in [0.29, 0.717) is 18.5 Å². The zero-order valence-corrected chi connectivity index (χ0v) is 15.7. The number of amides is 1. The summed E-state index contributed by atoms with van der Waals surface area (Å²) in [5, 5.41) is 8.87. The van der Waals surface area contributed by atoms with Crippen molar-refractivity contribution in [2.75, 3.05) is 24.7 Å². The molecule has 0 spiro atoms. The van der Waals surface area contributed by atoms with Crippen LogP contribution in [0.1, 0.15) is 36.2 Å². The highest BCUT2D eigenvalue weighted by Crippen LogP contribution is 2.19. The van der Waals surface area contributed by atoms with Gasteiger partial charge in [0, 0.05) is 12.6 Å². The molecule has 0 aliphatic carbocycles. The number of rotatable bonds is 6. The van der Waals surface area contributed by atoms with Crippen molar-refractivity contribution < 1.29 is 22.7 Å². The summed E-state index contributed by atoms with van der Waals surface area (Å²) in [6, 6.07) is 7.57. The fourth-order valence-corrected chi connectivity index (χ4v) is 4.61. The molecule has 1 atom stereocenters. The van der Waals surface area contributed by atoms with E-state index in [9.17, 15) is 18.0 Å². The zero-order valence-electron chi connectivity index (χ0n) is 14.8. The third kappa shape index (κ3) is 5.30. The number of hydrogen-bond donors (Lipinski definition) is 0. The van der Waals surface area contributed by atoms with Gasteiger partial charge in [-0.2, -0.15) is 5.26 Å². The summed E-state index contributed by atoms with van der Waals surface area (Å²) < 4.78 is 28.5. The van der Waals surface area contributed by atoms with Crippen molar-refractivity contribution in [2.45, 2.75) is 26.3 Å². The lowest BCUT2D eigenvalue weighted by molar-refractivity contribution is -0.137. The fourth-order valence-electron chi connectivity index (χ4n) is 2.88. The lowest BCUT2D eigenvalue weighted by Crippen LogP contribution is -2.45. The smallest absolute Gasteiger partial charge is 0.338 e. The SMILES string of the molecule is CC(C)CN(C(=O)COC(=O)c1cccc(C#N)c1)[C@H]1CCS(=O)(=O)C1. The molecule has 0 radical (unpaired) electrons. The average molecular weight is 378 g/mol. The number of benzene rings is 1. The Morgan fingerprint density at radius 1 is 1.38 bits per heavy atom. The van der Waals surface area contributed by atoms with E-state index < -0.39 is 28.3 Å². The first kappa shape index (κ1) is 19.9. The molecule has 8 heteroatoms. The molecule has 1 aromatic carbocycles. The standard InChI is InChI=1S/C18H22N2O5S/c1-13(2)10-20(16-6-7-26(23,24)12-16)17(21)11-25-18(22)15-5-3-4-14(8-15)9-19/h3-5,8,13,16H,6-7,10-12H2,1-2H3/t16-/m0/s1. The van der Waals surface area contributed by atoms with Crippen LogP contribution in [0.2, 0.25) is 0 Å². The number of nitriles is 1. The summed E-state index contributed by atoms with van der Waals surface area (Å²) in [4.78, 5) is 26.1. The largest absolute Gasteiger partial charge is 0.452 e. The molecule has 7 nitrogen and oxygen atoms in total. The second-order valence-electron chi connectivity index (χ2n) is 6.77. The van der Waals surface area contributed by atoms with Gasteiger partial charge >= 0.3 is 5.97 Å². The lowest BCUT2D eigenvalue weighted by atomic mass is 10.1. The summed E-state index contributed by atoms with van der Waals surface area (Å²) in [7, 11) is -3.12. The van der Waals surface area contributed by atoms with Crippen LogP contribution in [0, 0.1) is 17.2 Å². The van der Waals surface area contributed by atoms with Gasteiger partial charge in [-0.25, -0.2) is 13.2 Å². The number of nitrogens with zero attached hydrogens (tertiary/aromatic N) is 2. The van der Waals surface area contributed by atoms with Gasteiger partial charge in [-0.15, -0.1) is 0 Å². The van der Waals surface area contributed by atoms with Crippen molar-refractivity contribution in [1.82, 2.24) is 4.90 Å². The minimum atomic E-state index is -3.12. The third-order valence-corrected chi connectivity index (χ3v) is 5.84. The van der Waals surface area contributed by atoms with E-state index in [-0.39, 0.29) is 29.0 Å². The summed E-state index contributed by atoms with van der Waals surface area (Å²) >= 11 is 0. The molecule has 0 N–H and O–H groups in total. The van der Waals surface area contributed by atoms with E-state index in [0.717, 1.165) is 0 Å². The zero-order chi connectivity index (χ0) is 19.3. The molecule has 1 saturated heterocycles. The number of carbonyl (C=O) groups is 2. The Hall–Kier alpha value is -2.40. The highest BCUT2D eigenvalue weighted by atomic mass is 32.2. The Bertz CT molecular complexity index is 826. The van der Waals surface area contributed by atoms with Gasteiger partial charge in [0.2, 0.25) is 0 Å². The first-order chi connectivity index (χ1) is 12.2. The van der Waals surface area contributed by atoms with E-state index in [1.807, 2.05) is 19.9 Å². The van der Waals surface area contributed by atoms with Crippen LogP contribution >= 0.6 is 0 Å². The molecule has 1 aromatic rings. The van der Waals surface area contributed by atoms with Crippen LogP contribution in [0.4, 0.5) is 0 Å². The fraction of sp³-hybridized carbons (Fsp3) is 0.500. The van der Waals surface area contributed by atoms with E-state index in [2.05, 4.69) is 0 Å². The van der Waals surface area contributed by atoms with Gasteiger partial charge in [0.1, 0.15) is 0 Å². The monoisotopic (exact) mass is 378 g/mol. The highest BCUT2D eigenvalue weighted by Gasteiger charge is 2.35. The van der Waals surface area contributed by atoms with Gasteiger partial charge in [-0.3, -0.25) is 4.79 Å². The summed E-state index contributed by atoms with van der Waals surface area (Å²) in [5.41, 5.74) is 0.513. The number of esters is 1. The highest BCUT2D eigenvalue weighted by molar-refractivity contribution is 7.91. The van der Waals surface area contributed by atoms with Crippen LogP contribution in [-0.2, 0) is 19.4 Å². The van der Waals surface area contributed by atoms with Gasteiger partial charge in [0.25, 0.3) is 5.91 Å². The van der Waals surface area contributed by atoms with Crippen LogP contribution in [0.3, 0.4) is 0 Å². The summed E-state index contributed by atoms with van der Waals surface area (Å²) in [5.74, 6) is -0.931. The molecule has 26 heavy (non-hydrogen) atoms. The Balaban J connectivity index is 2.02. The van der Waals surface area contributed by atoms with E-state index in [1.165, 1.54) is 17.0 Å². The van der Waals surface area contributed by atoms with Crippen molar-refractivity contribution in [3.05, 3.63) is 35.4 Å². The lowest BCUT2D eigenvalue weighted by Gasteiger charge is -2.29. The molecule has 2 rings (SSSR count). The van der Waals surface area contributed by atoms with Crippen LogP contribution in [0.25, 0.3) is 0 Å². The molecule has 0 aromatic heterocycles. The number of hydrogen-bond acceptors (Lipinski definition) is 6. The maximum Gasteiger partial charge on any atom is 0.338 e. The van der Waals surface area contributed by atoms with Gasteiger partial charge in [0.05, 0.1) is 28.7 Å². The normalized spacial score (nSPS) is 18.3. The predicted molar refractivity (Wildman–Crippen MR) is 95.0 cm³/mol. The molecule has 1 aliphatic heterocycles. The Kier molecular flexibility index (Phi) is 6.37. The number of sulfone groups is 1. The topological polar surface area (TPSA) is 105 Å². The maximum atomic E-state index is 12.5. The van der Waals surface area contributed by atoms with Gasteiger partial charge in [0.15, 0.2) is 16.4 Å².